The molecule has 17 heavy (non-hydrogen) atoms. The van der Waals surface area contributed by atoms with Gasteiger partial charge in [-0.2, -0.15) is 0 Å². The van der Waals surface area contributed by atoms with Crippen LogP contribution in [0.25, 0.3) is 0 Å². The summed E-state index contributed by atoms with van der Waals surface area (Å²) in [7, 11) is 0. The first-order valence-electron chi connectivity index (χ1n) is 5.91. The third kappa shape index (κ3) is 3.80. The molecule has 1 amide bonds. The maximum atomic E-state index is 11.6. The van der Waals surface area contributed by atoms with Crippen LogP contribution in [0, 0.1) is 0 Å². The van der Waals surface area contributed by atoms with Crippen molar-refractivity contribution in [1.82, 2.24) is 15.4 Å². The van der Waals surface area contributed by atoms with E-state index in [9.17, 15) is 4.79 Å². The molecule has 92 valence electrons. The predicted octanol–water partition coefficient (Wildman–Crippen LogP) is 0.839. The van der Waals surface area contributed by atoms with Crippen molar-refractivity contribution in [2.24, 2.45) is 0 Å². The maximum Gasteiger partial charge on any atom is 0.276 e. The fourth-order valence-electron chi connectivity index (χ4n) is 1.85. The van der Waals surface area contributed by atoms with Crippen LogP contribution in [0.15, 0.2) is 24.5 Å². The van der Waals surface area contributed by atoms with Gasteiger partial charge in [0.05, 0.1) is 12.2 Å². The summed E-state index contributed by atoms with van der Waals surface area (Å²) in [6, 6.07) is 3.42. The summed E-state index contributed by atoms with van der Waals surface area (Å²) in [5.74, 6) is -0.250. The fraction of sp³-hybridized carbons (Fsp3) is 0.500. The Morgan fingerprint density at radius 1 is 1.47 bits per heavy atom. The molecule has 1 aromatic rings. The summed E-state index contributed by atoms with van der Waals surface area (Å²) in [6.07, 6.45) is 5.67. The zero-order valence-corrected chi connectivity index (χ0v) is 9.76. The first kappa shape index (κ1) is 12.0. The molecule has 1 N–H and O–H groups in total. The molecule has 1 saturated heterocycles. The highest BCUT2D eigenvalue weighted by molar-refractivity contribution is 5.92. The first-order chi connectivity index (χ1) is 8.36. The lowest BCUT2D eigenvalue weighted by Gasteiger charge is -2.14. The summed E-state index contributed by atoms with van der Waals surface area (Å²) in [5, 5.41) is 0. The van der Waals surface area contributed by atoms with Gasteiger partial charge in [-0.25, -0.2) is 5.48 Å². The van der Waals surface area contributed by atoms with Gasteiger partial charge in [0.25, 0.3) is 5.91 Å². The highest BCUT2D eigenvalue weighted by atomic mass is 16.6. The molecule has 0 aliphatic carbocycles. The third-order valence-corrected chi connectivity index (χ3v) is 2.80. The molecule has 1 aliphatic rings. The molecule has 2 heterocycles. The second kappa shape index (κ2) is 6.32. The first-order valence-corrected chi connectivity index (χ1v) is 5.91. The number of hydrogen-bond donors (Lipinski definition) is 1. The Hall–Kier alpha value is -1.46. The van der Waals surface area contributed by atoms with Gasteiger partial charge in [-0.05, 0) is 38.1 Å². The molecule has 0 spiro atoms. The molecule has 0 atom stereocenters. The Labute approximate surface area is 101 Å². The van der Waals surface area contributed by atoms with Crippen molar-refractivity contribution in [3.63, 3.8) is 0 Å². The number of carbonyl (C=O) groups excluding carboxylic acids is 1. The van der Waals surface area contributed by atoms with Crippen molar-refractivity contribution in [3.05, 3.63) is 30.1 Å². The Kier molecular flexibility index (Phi) is 4.46. The lowest BCUT2D eigenvalue weighted by Crippen LogP contribution is -2.30. The largest absolute Gasteiger partial charge is 0.301 e. The number of amides is 1. The van der Waals surface area contributed by atoms with E-state index in [4.69, 9.17) is 4.84 Å². The third-order valence-electron chi connectivity index (χ3n) is 2.80. The predicted molar refractivity (Wildman–Crippen MR) is 63.3 cm³/mol. The number of hydroxylamine groups is 1. The molecule has 0 bridgehead atoms. The van der Waals surface area contributed by atoms with Crippen LogP contribution in [0.5, 0.6) is 0 Å². The Morgan fingerprint density at radius 3 is 3.00 bits per heavy atom. The molecule has 5 nitrogen and oxygen atoms in total. The minimum Gasteiger partial charge on any atom is -0.301 e. The molecule has 1 fully saturated rings. The number of aromatic nitrogens is 1. The average Bonchev–Trinajstić information content (AvgIpc) is 2.88. The van der Waals surface area contributed by atoms with Crippen molar-refractivity contribution in [2.45, 2.75) is 12.8 Å². The van der Waals surface area contributed by atoms with Crippen molar-refractivity contribution < 1.29 is 9.63 Å². The number of hydrogen-bond acceptors (Lipinski definition) is 4. The number of rotatable bonds is 5. The smallest absolute Gasteiger partial charge is 0.276 e. The topological polar surface area (TPSA) is 54.5 Å². The highest BCUT2D eigenvalue weighted by Gasteiger charge is 2.11. The van der Waals surface area contributed by atoms with Crippen molar-refractivity contribution in [3.8, 4) is 0 Å². The molecule has 1 aromatic heterocycles. The lowest BCUT2D eigenvalue weighted by molar-refractivity contribution is 0.0243. The quantitative estimate of drug-likeness (QED) is 0.607. The van der Waals surface area contributed by atoms with Crippen LogP contribution in [-0.4, -0.2) is 42.0 Å². The van der Waals surface area contributed by atoms with Crippen LogP contribution >= 0.6 is 0 Å². The van der Waals surface area contributed by atoms with Crippen molar-refractivity contribution in [1.29, 1.82) is 0 Å². The minimum absolute atomic E-state index is 0.250. The number of nitrogens with zero attached hydrogens (tertiary/aromatic N) is 2. The second-order valence-electron chi connectivity index (χ2n) is 4.07. The Morgan fingerprint density at radius 2 is 2.29 bits per heavy atom. The van der Waals surface area contributed by atoms with Crippen LogP contribution in [0.1, 0.15) is 23.2 Å². The fourth-order valence-corrected chi connectivity index (χ4v) is 1.85. The standard InChI is InChI=1S/C12H17N3O2/c16-12(11-4-3-5-13-10-11)14-17-9-8-15-6-1-2-7-15/h3-5,10H,1-2,6-9H2,(H,14,16). The highest BCUT2D eigenvalue weighted by Crippen LogP contribution is 2.05. The van der Waals surface area contributed by atoms with Gasteiger partial charge in [0.1, 0.15) is 0 Å². The van der Waals surface area contributed by atoms with Gasteiger partial charge in [0.2, 0.25) is 0 Å². The summed E-state index contributed by atoms with van der Waals surface area (Å²) < 4.78 is 0. The summed E-state index contributed by atoms with van der Waals surface area (Å²) >= 11 is 0. The van der Waals surface area contributed by atoms with Gasteiger partial charge in [-0.15, -0.1) is 0 Å². The van der Waals surface area contributed by atoms with E-state index < -0.39 is 0 Å². The van der Waals surface area contributed by atoms with E-state index in [1.807, 2.05) is 0 Å². The molecule has 0 radical (unpaired) electrons. The minimum atomic E-state index is -0.250. The average molecular weight is 235 g/mol. The maximum absolute atomic E-state index is 11.6. The van der Waals surface area contributed by atoms with Gasteiger partial charge in [0, 0.05) is 18.9 Å². The monoisotopic (exact) mass is 235 g/mol. The van der Waals surface area contributed by atoms with E-state index >= 15 is 0 Å². The Bertz CT molecular complexity index is 350. The second-order valence-corrected chi connectivity index (χ2v) is 4.07. The van der Waals surface area contributed by atoms with Crippen LogP contribution in [-0.2, 0) is 4.84 Å². The van der Waals surface area contributed by atoms with Crippen LogP contribution in [0.2, 0.25) is 0 Å². The zero-order valence-electron chi connectivity index (χ0n) is 9.76. The van der Waals surface area contributed by atoms with E-state index in [-0.39, 0.29) is 5.91 Å². The molecule has 1 aliphatic heterocycles. The number of pyridine rings is 1. The molecule has 0 aromatic carbocycles. The summed E-state index contributed by atoms with van der Waals surface area (Å²) in [5.41, 5.74) is 2.93. The summed E-state index contributed by atoms with van der Waals surface area (Å²) in [6.45, 7) is 3.67. The van der Waals surface area contributed by atoms with E-state index in [0.29, 0.717) is 12.2 Å². The molecular weight excluding hydrogens is 218 g/mol. The lowest BCUT2D eigenvalue weighted by atomic mass is 10.3. The van der Waals surface area contributed by atoms with Crippen molar-refractivity contribution >= 4 is 5.91 Å². The van der Waals surface area contributed by atoms with Crippen molar-refractivity contribution in [2.75, 3.05) is 26.2 Å². The van der Waals surface area contributed by atoms with Gasteiger partial charge in [0.15, 0.2) is 0 Å². The number of carbonyl (C=O) groups is 1. The van der Waals surface area contributed by atoms with Gasteiger partial charge in [-0.3, -0.25) is 14.6 Å². The Balaban J connectivity index is 1.63. The van der Waals surface area contributed by atoms with E-state index in [1.165, 1.54) is 19.0 Å². The van der Waals surface area contributed by atoms with Crippen LogP contribution in [0.3, 0.4) is 0 Å². The molecule has 0 saturated carbocycles. The normalized spacial score (nSPS) is 16.0. The SMILES string of the molecule is O=C(NOCCN1CCCC1)c1cccnc1. The van der Waals surface area contributed by atoms with E-state index in [1.54, 1.807) is 18.3 Å². The molecular formula is C12H17N3O2. The number of likely N-dealkylation sites (tertiary alicyclic amines) is 1. The van der Waals surface area contributed by atoms with Gasteiger partial charge in [-0.1, -0.05) is 0 Å². The van der Waals surface area contributed by atoms with Gasteiger partial charge >= 0.3 is 0 Å². The van der Waals surface area contributed by atoms with E-state index in [2.05, 4.69) is 15.4 Å². The molecule has 5 heteroatoms. The molecule has 0 unspecified atom stereocenters. The zero-order chi connectivity index (χ0) is 11.9. The van der Waals surface area contributed by atoms with Crippen LogP contribution < -0.4 is 5.48 Å². The number of nitrogens with one attached hydrogen (secondary N) is 1. The van der Waals surface area contributed by atoms with Gasteiger partial charge < -0.3 is 4.90 Å². The summed E-state index contributed by atoms with van der Waals surface area (Å²) in [4.78, 5) is 22.9. The molecule has 2 rings (SSSR count). The van der Waals surface area contributed by atoms with Crippen LogP contribution in [0.4, 0.5) is 0 Å². The van der Waals surface area contributed by atoms with E-state index in [0.717, 1.165) is 19.6 Å².